The Balaban J connectivity index is 0. The second kappa shape index (κ2) is 14.0. The quantitative estimate of drug-likeness (QED) is 0.494. The summed E-state index contributed by atoms with van der Waals surface area (Å²) in [6.45, 7) is 17.2. The van der Waals surface area contributed by atoms with Crippen molar-refractivity contribution in [3.8, 4) is 6.07 Å². The van der Waals surface area contributed by atoms with Crippen molar-refractivity contribution in [2.45, 2.75) is 47.5 Å². The summed E-state index contributed by atoms with van der Waals surface area (Å²) in [6, 6.07) is 2.19. The number of likely N-dealkylation sites (N-methyl/N-ethyl adjacent to an activating group) is 1. The molecule has 0 atom stereocenters. The normalized spacial score (nSPS) is 10.9. The lowest BCUT2D eigenvalue weighted by molar-refractivity contribution is 0.309. The lowest BCUT2D eigenvalue weighted by Crippen LogP contribution is -2.26. The molecular weight excluding hydrogens is 220 g/mol. The third-order valence-corrected chi connectivity index (χ3v) is 2.13. The third-order valence-electron chi connectivity index (χ3n) is 2.13. The van der Waals surface area contributed by atoms with E-state index >= 15 is 0 Å². The van der Waals surface area contributed by atoms with Gasteiger partial charge in [0.15, 0.2) is 0 Å². The summed E-state index contributed by atoms with van der Waals surface area (Å²) in [5.74, 6) is 0.833. The van der Waals surface area contributed by atoms with Crippen LogP contribution in [0.1, 0.15) is 47.5 Å². The number of rotatable bonds is 7. The highest BCUT2D eigenvalue weighted by molar-refractivity contribution is 5.26. The van der Waals surface area contributed by atoms with E-state index in [1.54, 1.807) is 12.2 Å². The monoisotopic (exact) mass is 250 g/mol. The molecule has 0 rings (SSSR count). The van der Waals surface area contributed by atoms with Crippen molar-refractivity contribution in [3.05, 3.63) is 24.3 Å². The molecule has 0 aliphatic rings. The standard InChI is InChI=1S/C12H20N2.C4H10/c1-4-7-9-14(6-3)11-12(10-13)8-5-2;1-4(2)3/h5,8H,2,4,6-7,9,11H2,1,3H3;4H,1-3H3/b12-8-;. The molecule has 0 saturated heterocycles. The summed E-state index contributed by atoms with van der Waals surface area (Å²) in [5.41, 5.74) is 0.790. The Morgan fingerprint density at radius 2 is 1.89 bits per heavy atom. The highest BCUT2D eigenvalue weighted by Crippen LogP contribution is 2.01. The fraction of sp³-hybridized carbons (Fsp3) is 0.688. The van der Waals surface area contributed by atoms with Crippen molar-refractivity contribution in [1.82, 2.24) is 4.90 Å². The minimum absolute atomic E-state index is 0.749. The maximum absolute atomic E-state index is 8.83. The molecule has 0 amide bonds. The molecule has 2 heteroatoms. The van der Waals surface area contributed by atoms with Crippen molar-refractivity contribution < 1.29 is 0 Å². The lowest BCUT2D eigenvalue weighted by Gasteiger charge is -2.19. The van der Waals surface area contributed by atoms with Crippen LogP contribution in [0, 0.1) is 17.2 Å². The van der Waals surface area contributed by atoms with Crippen LogP contribution in [0.2, 0.25) is 0 Å². The molecule has 0 unspecified atom stereocenters. The predicted molar refractivity (Wildman–Crippen MR) is 81.4 cm³/mol. The first-order chi connectivity index (χ1) is 8.51. The SMILES string of the molecule is C=C/C=C(/C#N)CN(CC)CCCC.CC(C)C. The van der Waals surface area contributed by atoms with E-state index in [2.05, 4.69) is 52.2 Å². The maximum Gasteiger partial charge on any atom is 0.0960 e. The zero-order chi connectivity index (χ0) is 14.4. The molecule has 0 aromatic carbocycles. The van der Waals surface area contributed by atoms with E-state index < -0.39 is 0 Å². The average molecular weight is 250 g/mol. The van der Waals surface area contributed by atoms with Gasteiger partial charge < -0.3 is 0 Å². The third kappa shape index (κ3) is 14.9. The Bertz CT molecular complexity index is 256. The number of unbranched alkanes of at least 4 members (excludes halogenated alkanes) is 1. The molecule has 0 saturated carbocycles. The lowest BCUT2D eigenvalue weighted by atomic mass is 10.2. The second-order valence-electron chi connectivity index (χ2n) is 4.99. The van der Waals surface area contributed by atoms with E-state index in [1.165, 1.54) is 12.8 Å². The zero-order valence-corrected chi connectivity index (χ0v) is 12.9. The minimum atomic E-state index is 0.749. The minimum Gasteiger partial charge on any atom is -0.299 e. The van der Waals surface area contributed by atoms with Gasteiger partial charge in [-0.1, -0.05) is 53.7 Å². The van der Waals surface area contributed by atoms with E-state index in [4.69, 9.17) is 5.26 Å². The average Bonchev–Trinajstić information content (AvgIpc) is 2.32. The molecule has 0 bridgehead atoms. The Morgan fingerprint density at radius 1 is 1.33 bits per heavy atom. The Labute approximate surface area is 114 Å². The Morgan fingerprint density at radius 3 is 2.22 bits per heavy atom. The highest BCUT2D eigenvalue weighted by atomic mass is 15.1. The van der Waals surface area contributed by atoms with Crippen LogP contribution in [-0.4, -0.2) is 24.5 Å². The van der Waals surface area contributed by atoms with Crippen molar-refractivity contribution in [2.75, 3.05) is 19.6 Å². The summed E-state index contributed by atoms with van der Waals surface area (Å²) in [7, 11) is 0. The van der Waals surface area contributed by atoms with Crippen molar-refractivity contribution in [2.24, 2.45) is 5.92 Å². The molecular formula is C16H30N2. The van der Waals surface area contributed by atoms with Crippen LogP contribution in [0.25, 0.3) is 0 Å². The summed E-state index contributed by atoms with van der Waals surface area (Å²) in [5, 5.41) is 8.83. The molecule has 0 aromatic heterocycles. The first-order valence-corrected chi connectivity index (χ1v) is 6.95. The molecule has 0 aromatic rings. The topological polar surface area (TPSA) is 27.0 Å². The second-order valence-corrected chi connectivity index (χ2v) is 4.99. The van der Waals surface area contributed by atoms with Gasteiger partial charge in [-0.3, -0.25) is 4.90 Å². The van der Waals surface area contributed by atoms with Gasteiger partial charge in [-0.2, -0.15) is 5.26 Å². The van der Waals surface area contributed by atoms with E-state index in [-0.39, 0.29) is 0 Å². The Hall–Kier alpha value is -1.07. The summed E-state index contributed by atoms with van der Waals surface area (Å²) >= 11 is 0. The fourth-order valence-electron chi connectivity index (χ4n) is 1.24. The van der Waals surface area contributed by atoms with Crippen LogP contribution in [0.15, 0.2) is 24.3 Å². The van der Waals surface area contributed by atoms with Crippen LogP contribution >= 0.6 is 0 Å². The van der Waals surface area contributed by atoms with Crippen LogP contribution in [0.5, 0.6) is 0 Å². The fourth-order valence-corrected chi connectivity index (χ4v) is 1.24. The van der Waals surface area contributed by atoms with Gasteiger partial charge in [0.25, 0.3) is 0 Å². The van der Waals surface area contributed by atoms with Gasteiger partial charge in [0.2, 0.25) is 0 Å². The molecule has 0 N–H and O–H groups in total. The van der Waals surface area contributed by atoms with Gasteiger partial charge in [-0.25, -0.2) is 0 Å². The van der Waals surface area contributed by atoms with Crippen LogP contribution < -0.4 is 0 Å². The van der Waals surface area contributed by atoms with E-state index in [0.29, 0.717) is 0 Å². The molecule has 0 radical (unpaired) electrons. The zero-order valence-electron chi connectivity index (χ0n) is 12.9. The van der Waals surface area contributed by atoms with Crippen LogP contribution in [0.4, 0.5) is 0 Å². The largest absolute Gasteiger partial charge is 0.299 e. The van der Waals surface area contributed by atoms with E-state index in [1.807, 2.05) is 0 Å². The molecule has 18 heavy (non-hydrogen) atoms. The summed E-state index contributed by atoms with van der Waals surface area (Å²) in [6.07, 6.45) is 5.85. The maximum atomic E-state index is 8.83. The van der Waals surface area contributed by atoms with Crippen LogP contribution in [-0.2, 0) is 0 Å². The van der Waals surface area contributed by atoms with E-state index in [9.17, 15) is 0 Å². The van der Waals surface area contributed by atoms with Gasteiger partial charge in [0.05, 0.1) is 6.07 Å². The predicted octanol–water partition coefficient (Wildman–Crippen LogP) is 4.41. The smallest absolute Gasteiger partial charge is 0.0960 e. The Kier molecular flexibility index (Phi) is 15.0. The van der Waals surface area contributed by atoms with Crippen molar-refractivity contribution in [3.63, 3.8) is 0 Å². The first kappa shape index (κ1) is 19.3. The summed E-state index contributed by atoms with van der Waals surface area (Å²) < 4.78 is 0. The molecule has 2 nitrogen and oxygen atoms in total. The first-order valence-electron chi connectivity index (χ1n) is 6.95. The molecule has 104 valence electrons. The number of hydrogen-bond donors (Lipinski definition) is 0. The van der Waals surface area contributed by atoms with Crippen LogP contribution in [0.3, 0.4) is 0 Å². The number of nitriles is 1. The number of hydrogen-bond acceptors (Lipinski definition) is 2. The number of nitrogens with zero attached hydrogens (tertiary/aromatic N) is 2. The van der Waals surface area contributed by atoms with E-state index in [0.717, 1.165) is 31.1 Å². The highest BCUT2D eigenvalue weighted by Gasteiger charge is 2.03. The van der Waals surface area contributed by atoms with Crippen molar-refractivity contribution >= 4 is 0 Å². The van der Waals surface area contributed by atoms with Gasteiger partial charge in [-0.15, -0.1) is 0 Å². The van der Waals surface area contributed by atoms with Gasteiger partial charge in [-0.05, 0) is 31.5 Å². The molecule has 0 aliphatic carbocycles. The molecule has 0 spiro atoms. The van der Waals surface area contributed by atoms with Gasteiger partial charge >= 0.3 is 0 Å². The summed E-state index contributed by atoms with van der Waals surface area (Å²) in [4.78, 5) is 2.28. The van der Waals surface area contributed by atoms with Crippen molar-refractivity contribution in [1.29, 1.82) is 5.26 Å². The molecule has 0 fully saturated rings. The van der Waals surface area contributed by atoms with Gasteiger partial charge in [0, 0.05) is 12.1 Å². The molecule has 0 aliphatic heterocycles. The van der Waals surface area contributed by atoms with Gasteiger partial charge in [0.1, 0.15) is 0 Å². The molecule has 0 heterocycles. The number of allylic oxidation sites excluding steroid dienone is 2.